The highest BCUT2D eigenvalue weighted by atomic mass is 32.2. The second-order valence-electron chi connectivity index (χ2n) is 5.54. The molecule has 0 bridgehead atoms. The molecule has 22 heavy (non-hydrogen) atoms. The zero-order valence-electron chi connectivity index (χ0n) is 13.6. The lowest BCUT2D eigenvalue weighted by atomic mass is 10.1. The Morgan fingerprint density at radius 3 is 2.91 bits per heavy atom. The van der Waals surface area contributed by atoms with Crippen molar-refractivity contribution in [2.24, 2.45) is 0 Å². The third kappa shape index (κ3) is 4.40. The van der Waals surface area contributed by atoms with E-state index < -0.39 is 0 Å². The molecule has 1 aromatic rings. The second kappa shape index (κ2) is 8.44. The van der Waals surface area contributed by atoms with Crippen LogP contribution < -0.4 is 4.74 Å². The number of hydrogen-bond donors (Lipinski definition) is 0. The minimum atomic E-state index is -0.0453. The number of thioether (sulfide) groups is 1. The smallest absolute Gasteiger partial charge is 0.235 e. The Hall–Kier alpha value is -1.20. The van der Waals surface area contributed by atoms with Crippen molar-refractivity contribution in [2.45, 2.75) is 37.7 Å². The molecule has 1 heterocycles. The topological polar surface area (TPSA) is 38.8 Å². The van der Waals surface area contributed by atoms with Gasteiger partial charge in [0.05, 0.1) is 18.5 Å². The summed E-state index contributed by atoms with van der Waals surface area (Å²) < 4.78 is 11.1. The molecule has 1 amide bonds. The number of carbonyl (C=O) groups is 1. The van der Waals surface area contributed by atoms with E-state index in [-0.39, 0.29) is 17.3 Å². The molecule has 1 fully saturated rings. The van der Waals surface area contributed by atoms with Gasteiger partial charge in [-0.25, -0.2) is 0 Å². The number of nitrogens with zero attached hydrogens (tertiary/aromatic N) is 1. The molecule has 1 saturated heterocycles. The number of hydrogen-bond acceptors (Lipinski definition) is 4. The second-order valence-corrected chi connectivity index (χ2v) is 6.72. The first-order chi connectivity index (χ1) is 10.7. The van der Waals surface area contributed by atoms with Crippen molar-refractivity contribution in [1.82, 2.24) is 4.90 Å². The van der Waals surface area contributed by atoms with Gasteiger partial charge in [-0.15, -0.1) is 0 Å². The van der Waals surface area contributed by atoms with Gasteiger partial charge in [0.15, 0.2) is 0 Å². The van der Waals surface area contributed by atoms with Crippen LogP contribution in [0.4, 0.5) is 0 Å². The van der Waals surface area contributed by atoms with Gasteiger partial charge in [0, 0.05) is 25.3 Å². The summed E-state index contributed by atoms with van der Waals surface area (Å²) in [6.45, 7) is 3.98. The van der Waals surface area contributed by atoms with Crippen LogP contribution in [0.5, 0.6) is 5.75 Å². The van der Waals surface area contributed by atoms with Gasteiger partial charge in [0.25, 0.3) is 0 Å². The third-order valence-corrected chi connectivity index (χ3v) is 4.92. The molecule has 0 aliphatic carbocycles. The molecule has 0 spiro atoms. The van der Waals surface area contributed by atoms with Crippen LogP contribution in [0, 0.1) is 0 Å². The van der Waals surface area contributed by atoms with Crippen molar-refractivity contribution in [3.63, 3.8) is 0 Å². The van der Waals surface area contributed by atoms with Crippen LogP contribution in [0.1, 0.15) is 25.3 Å². The van der Waals surface area contributed by atoms with E-state index in [2.05, 4.69) is 0 Å². The Bertz CT molecular complexity index is 489. The first-order valence-corrected chi connectivity index (χ1v) is 8.99. The maximum absolute atomic E-state index is 12.7. The van der Waals surface area contributed by atoms with E-state index in [1.165, 1.54) is 0 Å². The number of benzene rings is 1. The fourth-order valence-electron chi connectivity index (χ4n) is 2.66. The minimum Gasteiger partial charge on any atom is -0.496 e. The standard InChI is InChI=1S/C17H25NO3S/c1-13(22-3)17(19)18(12-15-8-6-10-21-15)11-14-7-4-5-9-16(14)20-2/h4-5,7,9,13,15H,6,8,10-12H2,1-3H3/t13-,15-/m1/s1. The van der Waals surface area contributed by atoms with Crippen molar-refractivity contribution in [2.75, 3.05) is 26.5 Å². The normalized spacial score (nSPS) is 19.0. The van der Waals surface area contributed by atoms with Gasteiger partial charge in [-0.2, -0.15) is 11.8 Å². The molecule has 1 aliphatic rings. The van der Waals surface area contributed by atoms with Crippen LogP contribution in [-0.2, 0) is 16.1 Å². The average molecular weight is 323 g/mol. The Kier molecular flexibility index (Phi) is 6.58. The summed E-state index contributed by atoms with van der Waals surface area (Å²) in [5.41, 5.74) is 1.03. The SMILES string of the molecule is COc1ccccc1CN(C[C@H]1CCCO1)C(=O)[C@@H](C)SC. The molecule has 122 valence electrons. The molecule has 2 atom stereocenters. The van der Waals surface area contributed by atoms with E-state index in [9.17, 15) is 4.79 Å². The van der Waals surface area contributed by atoms with Crippen LogP contribution in [0.3, 0.4) is 0 Å². The maximum Gasteiger partial charge on any atom is 0.235 e. The van der Waals surface area contributed by atoms with Gasteiger partial charge in [-0.1, -0.05) is 18.2 Å². The minimum absolute atomic E-state index is 0.0453. The lowest BCUT2D eigenvalue weighted by molar-refractivity contribution is -0.132. The van der Waals surface area contributed by atoms with Crippen molar-refractivity contribution in [3.05, 3.63) is 29.8 Å². The zero-order chi connectivity index (χ0) is 15.9. The first-order valence-electron chi connectivity index (χ1n) is 7.70. The molecule has 0 aromatic heterocycles. The van der Waals surface area contributed by atoms with Gasteiger partial charge in [-0.3, -0.25) is 4.79 Å². The summed E-state index contributed by atoms with van der Waals surface area (Å²) in [4.78, 5) is 14.6. The highest BCUT2D eigenvalue weighted by molar-refractivity contribution is 7.99. The summed E-state index contributed by atoms with van der Waals surface area (Å²) >= 11 is 1.58. The van der Waals surface area contributed by atoms with Crippen LogP contribution in [-0.4, -0.2) is 48.7 Å². The summed E-state index contributed by atoms with van der Waals surface area (Å²) in [5, 5.41) is -0.0453. The lowest BCUT2D eigenvalue weighted by Crippen LogP contribution is -2.40. The number of carbonyl (C=O) groups excluding carboxylic acids is 1. The third-order valence-electron chi connectivity index (χ3n) is 4.01. The quantitative estimate of drug-likeness (QED) is 0.773. The Labute approximate surface area is 137 Å². The summed E-state index contributed by atoms with van der Waals surface area (Å²) in [6.07, 6.45) is 4.24. The molecular weight excluding hydrogens is 298 g/mol. The number of amides is 1. The summed E-state index contributed by atoms with van der Waals surface area (Å²) in [5.74, 6) is 0.985. The van der Waals surface area contributed by atoms with E-state index in [1.807, 2.05) is 42.3 Å². The van der Waals surface area contributed by atoms with Gasteiger partial charge in [0.1, 0.15) is 5.75 Å². The Balaban J connectivity index is 2.13. The van der Waals surface area contributed by atoms with Gasteiger partial charge < -0.3 is 14.4 Å². The predicted molar refractivity (Wildman–Crippen MR) is 90.4 cm³/mol. The number of ether oxygens (including phenoxy) is 2. The predicted octanol–water partition coefficient (Wildman–Crippen LogP) is 2.95. The number of rotatable bonds is 7. The molecule has 1 aliphatic heterocycles. The molecule has 4 nitrogen and oxygen atoms in total. The monoisotopic (exact) mass is 323 g/mol. The molecule has 0 unspecified atom stereocenters. The van der Waals surface area contributed by atoms with E-state index in [1.54, 1.807) is 18.9 Å². The van der Waals surface area contributed by atoms with Crippen molar-refractivity contribution in [3.8, 4) is 5.75 Å². The van der Waals surface area contributed by atoms with Gasteiger partial charge >= 0.3 is 0 Å². The number of methoxy groups -OCH3 is 1. The fraction of sp³-hybridized carbons (Fsp3) is 0.588. The molecule has 5 heteroatoms. The Morgan fingerprint density at radius 1 is 1.50 bits per heavy atom. The highest BCUT2D eigenvalue weighted by Crippen LogP contribution is 2.23. The Morgan fingerprint density at radius 2 is 2.27 bits per heavy atom. The molecule has 1 aromatic carbocycles. The van der Waals surface area contributed by atoms with Crippen molar-refractivity contribution >= 4 is 17.7 Å². The highest BCUT2D eigenvalue weighted by Gasteiger charge is 2.26. The largest absolute Gasteiger partial charge is 0.496 e. The molecule has 0 radical (unpaired) electrons. The van der Waals surface area contributed by atoms with Crippen LogP contribution in [0.15, 0.2) is 24.3 Å². The van der Waals surface area contributed by atoms with E-state index in [4.69, 9.17) is 9.47 Å². The van der Waals surface area contributed by atoms with Crippen LogP contribution in [0.25, 0.3) is 0 Å². The van der Waals surface area contributed by atoms with Gasteiger partial charge in [-0.05, 0) is 32.1 Å². The average Bonchev–Trinajstić information content (AvgIpc) is 3.06. The zero-order valence-corrected chi connectivity index (χ0v) is 14.4. The van der Waals surface area contributed by atoms with E-state index >= 15 is 0 Å². The molecular formula is C17H25NO3S. The van der Waals surface area contributed by atoms with E-state index in [0.29, 0.717) is 13.1 Å². The van der Waals surface area contributed by atoms with Crippen LogP contribution >= 0.6 is 11.8 Å². The maximum atomic E-state index is 12.7. The van der Waals surface area contributed by atoms with E-state index in [0.717, 1.165) is 30.8 Å². The van der Waals surface area contributed by atoms with Crippen molar-refractivity contribution in [1.29, 1.82) is 0 Å². The molecule has 2 rings (SSSR count). The van der Waals surface area contributed by atoms with Crippen LogP contribution in [0.2, 0.25) is 0 Å². The molecule has 0 saturated carbocycles. The lowest BCUT2D eigenvalue weighted by Gasteiger charge is -2.28. The van der Waals surface area contributed by atoms with Gasteiger partial charge in [0.2, 0.25) is 5.91 Å². The number of para-hydroxylation sites is 1. The first kappa shape index (κ1) is 17.2. The summed E-state index contributed by atoms with van der Waals surface area (Å²) in [6, 6.07) is 7.87. The van der Waals surface area contributed by atoms with Crippen molar-refractivity contribution < 1.29 is 14.3 Å². The fourth-order valence-corrected chi connectivity index (χ4v) is 3.01. The molecule has 0 N–H and O–H groups in total. The summed E-state index contributed by atoms with van der Waals surface area (Å²) in [7, 11) is 1.66.